The van der Waals surface area contributed by atoms with Gasteiger partial charge in [-0.25, -0.2) is 13.1 Å². The highest BCUT2D eigenvalue weighted by molar-refractivity contribution is 7.88. The molecule has 0 bridgehead atoms. The summed E-state index contributed by atoms with van der Waals surface area (Å²) in [6, 6.07) is 4.02. The van der Waals surface area contributed by atoms with Crippen LogP contribution in [0.5, 0.6) is 0 Å². The lowest BCUT2D eigenvalue weighted by atomic mass is 9.98. The molecule has 7 heteroatoms. The molecule has 1 aromatic heterocycles. The van der Waals surface area contributed by atoms with Crippen LogP contribution in [0.3, 0.4) is 0 Å². The molecular formula is C15H25N3O3S. The second-order valence-electron chi connectivity index (χ2n) is 6.06. The summed E-state index contributed by atoms with van der Waals surface area (Å²) in [5, 5.41) is 0. The molecule has 2 rings (SSSR count). The number of nitrogens with zero attached hydrogens (tertiary/aromatic N) is 2. The van der Waals surface area contributed by atoms with Crippen molar-refractivity contribution >= 4 is 10.0 Å². The average molecular weight is 327 g/mol. The van der Waals surface area contributed by atoms with Crippen molar-refractivity contribution in [3.05, 3.63) is 34.2 Å². The first kappa shape index (κ1) is 17.2. The van der Waals surface area contributed by atoms with E-state index in [1.807, 2.05) is 6.07 Å². The number of sulfonamides is 1. The zero-order valence-corrected chi connectivity index (χ0v) is 14.1. The van der Waals surface area contributed by atoms with Crippen LogP contribution in [-0.2, 0) is 23.6 Å². The number of nitrogens with one attached hydrogen (secondary N) is 1. The normalized spacial score (nSPS) is 20.2. The van der Waals surface area contributed by atoms with E-state index < -0.39 is 10.0 Å². The van der Waals surface area contributed by atoms with Crippen LogP contribution in [0.25, 0.3) is 0 Å². The quantitative estimate of drug-likeness (QED) is 0.834. The van der Waals surface area contributed by atoms with Gasteiger partial charge in [0.25, 0.3) is 5.56 Å². The topological polar surface area (TPSA) is 71.4 Å². The maximum Gasteiger partial charge on any atom is 0.250 e. The van der Waals surface area contributed by atoms with Crippen molar-refractivity contribution in [2.75, 3.05) is 19.3 Å². The first-order chi connectivity index (χ1) is 10.3. The molecule has 124 valence electrons. The zero-order chi connectivity index (χ0) is 16.2. The van der Waals surface area contributed by atoms with Gasteiger partial charge >= 0.3 is 0 Å². The summed E-state index contributed by atoms with van der Waals surface area (Å²) in [6.45, 7) is 2.22. The fourth-order valence-corrected chi connectivity index (χ4v) is 3.42. The molecule has 0 spiro atoms. The van der Waals surface area contributed by atoms with Crippen molar-refractivity contribution in [2.24, 2.45) is 7.05 Å². The average Bonchev–Trinajstić information content (AvgIpc) is 2.43. The van der Waals surface area contributed by atoms with Crippen molar-refractivity contribution in [3.63, 3.8) is 0 Å². The summed E-state index contributed by atoms with van der Waals surface area (Å²) < 4.78 is 26.4. The molecule has 1 fully saturated rings. The molecule has 0 aliphatic carbocycles. The van der Waals surface area contributed by atoms with E-state index >= 15 is 0 Å². The van der Waals surface area contributed by atoms with Crippen LogP contribution in [0.4, 0.5) is 0 Å². The molecule has 22 heavy (non-hydrogen) atoms. The summed E-state index contributed by atoms with van der Waals surface area (Å²) in [5.74, 6) is 0. The first-order valence-electron chi connectivity index (χ1n) is 7.69. The minimum absolute atomic E-state index is 0.00445. The van der Waals surface area contributed by atoms with Gasteiger partial charge in [0.05, 0.1) is 6.26 Å². The third kappa shape index (κ3) is 5.23. The third-order valence-corrected chi connectivity index (χ3v) is 4.87. The first-order valence-corrected chi connectivity index (χ1v) is 9.58. The van der Waals surface area contributed by atoms with E-state index in [1.54, 1.807) is 23.9 Å². The lowest BCUT2D eigenvalue weighted by Gasteiger charge is -2.35. The van der Waals surface area contributed by atoms with E-state index in [2.05, 4.69) is 9.62 Å². The lowest BCUT2D eigenvalue weighted by Crippen LogP contribution is -2.41. The van der Waals surface area contributed by atoms with Gasteiger partial charge in [0.2, 0.25) is 10.0 Å². The van der Waals surface area contributed by atoms with Crippen LogP contribution in [0.15, 0.2) is 23.1 Å². The molecule has 1 aromatic rings. The van der Waals surface area contributed by atoms with Gasteiger partial charge in [0.15, 0.2) is 0 Å². The van der Waals surface area contributed by atoms with Gasteiger partial charge in [0.1, 0.15) is 0 Å². The summed E-state index contributed by atoms with van der Waals surface area (Å²) in [6.07, 6.45) is 7.19. The smallest absolute Gasteiger partial charge is 0.250 e. The Bertz CT molecular complexity index is 654. The fraction of sp³-hybridized carbons (Fsp3) is 0.667. The predicted molar refractivity (Wildman–Crippen MR) is 87.2 cm³/mol. The second-order valence-corrected chi connectivity index (χ2v) is 7.89. The largest absolute Gasteiger partial charge is 0.319 e. The van der Waals surface area contributed by atoms with E-state index in [1.165, 1.54) is 12.7 Å². The van der Waals surface area contributed by atoms with Gasteiger partial charge in [-0.3, -0.25) is 9.69 Å². The fourth-order valence-electron chi connectivity index (χ4n) is 2.93. The minimum Gasteiger partial charge on any atom is -0.319 e. The van der Waals surface area contributed by atoms with Gasteiger partial charge in [-0.15, -0.1) is 0 Å². The number of hydrogen-bond donors (Lipinski definition) is 1. The maximum atomic E-state index is 11.7. The predicted octanol–water partition coefficient (Wildman–Crippen LogP) is 0.679. The minimum atomic E-state index is -3.12. The van der Waals surface area contributed by atoms with Crippen molar-refractivity contribution in [1.82, 2.24) is 14.2 Å². The molecular weight excluding hydrogens is 302 g/mol. The molecule has 1 saturated heterocycles. The second kappa shape index (κ2) is 7.39. The van der Waals surface area contributed by atoms with Gasteiger partial charge in [-0.05, 0) is 37.4 Å². The molecule has 2 heterocycles. The van der Waals surface area contributed by atoms with E-state index in [9.17, 15) is 13.2 Å². The van der Waals surface area contributed by atoms with Gasteiger partial charge in [-0.2, -0.15) is 0 Å². The monoisotopic (exact) mass is 327 g/mol. The molecule has 0 radical (unpaired) electrons. The van der Waals surface area contributed by atoms with E-state index in [4.69, 9.17) is 0 Å². The summed E-state index contributed by atoms with van der Waals surface area (Å²) in [5.41, 5.74) is 1.02. The molecule has 0 aromatic carbocycles. The van der Waals surface area contributed by atoms with Gasteiger partial charge in [0, 0.05) is 38.4 Å². The molecule has 1 aliphatic heterocycles. The number of aryl methyl sites for hydroxylation is 1. The lowest BCUT2D eigenvalue weighted by molar-refractivity contribution is 0.133. The van der Waals surface area contributed by atoms with Gasteiger partial charge in [-0.1, -0.05) is 6.42 Å². The van der Waals surface area contributed by atoms with Crippen LogP contribution >= 0.6 is 0 Å². The Balaban J connectivity index is 1.97. The van der Waals surface area contributed by atoms with Crippen molar-refractivity contribution < 1.29 is 8.42 Å². The van der Waals surface area contributed by atoms with Crippen LogP contribution in [0.1, 0.15) is 31.2 Å². The van der Waals surface area contributed by atoms with E-state index in [0.717, 1.165) is 37.9 Å². The highest BCUT2D eigenvalue weighted by Gasteiger charge is 2.22. The highest BCUT2D eigenvalue weighted by Crippen LogP contribution is 2.21. The summed E-state index contributed by atoms with van der Waals surface area (Å²) in [4.78, 5) is 14.1. The van der Waals surface area contributed by atoms with E-state index in [-0.39, 0.29) is 5.56 Å². The number of rotatable bonds is 6. The maximum absolute atomic E-state index is 11.7. The zero-order valence-electron chi connectivity index (χ0n) is 13.3. The Labute approximate surface area is 132 Å². The Morgan fingerprint density at radius 2 is 2.14 bits per heavy atom. The van der Waals surface area contributed by atoms with Crippen LogP contribution in [0, 0.1) is 0 Å². The van der Waals surface area contributed by atoms with Crippen LogP contribution in [-0.4, -0.2) is 43.3 Å². The van der Waals surface area contributed by atoms with Crippen LogP contribution in [0.2, 0.25) is 0 Å². The van der Waals surface area contributed by atoms with Crippen molar-refractivity contribution in [3.8, 4) is 0 Å². The van der Waals surface area contributed by atoms with Crippen molar-refractivity contribution in [1.29, 1.82) is 0 Å². The Morgan fingerprint density at radius 1 is 1.36 bits per heavy atom. The highest BCUT2D eigenvalue weighted by atomic mass is 32.2. The number of hydrogen-bond acceptors (Lipinski definition) is 4. The molecule has 0 saturated carbocycles. The molecule has 0 amide bonds. The molecule has 1 N–H and O–H groups in total. The standard InChI is InChI=1S/C15H25N3O3S/c1-17-10-7-13(11-15(17)19)12-18-9-4-3-5-14(18)6-8-16-22(2,20)21/h7,10-11,14,16H,3-6,8-9,12H2,1-2H3/t14-/m1/s1. The molecule has 1 atom stereocenters. The molecule has 1 aliphatic rings. The summed E-state index contributed by atoms with van der Waals surface area (Å²) in [7, 11) is -1.38. The Hall–Kier alpha value is -1.18. The molecule has 0 unspecified atom stereocenters. The van der Waals surface area contributed by atoms with Crippen molar-refractivity contribution in [2.45, 2.75) is 38.3 Å². The number of aromatic nitrogens is 1. The Kier molecular flexibility index (Phi) is 5.77. The van der Waals surface area contributed by atoms with Crippen LogP contribution < -0.4 is 10.3 Å². The number of likely N-dealkylation sites (tertiary alicyclic amines) is 1. The van der Waals surface area contributed by atoms with E-state index in [0.29, 0.717) is 12.6 Å². The number of piperidine rings is 1. The SMILES string of the molecule is Cn1ccc(CN2CCCC[C@@H]2CCNS(C)(=O)=O)cc1=O. The Morgan fingerprint density at radius 3 is 2.82 bits per heavy atom. The van der Waals surface area contributed by atoms with Gasteiger partial charge < -0.3 is 4.57 Å². The number of pyridine rings is 1. The third-order valence-electron chi connectivity index (χ3n) is 4.15. The summed E-state index contributed by atoms with van der Waals surface area (Å²) >= 11 is 0. The molecule has 6 nitrogen and oxygen atoms in total.